The molecule has 0 spiro atoms. The van der Waals surface area contributed by atoms with Crippen molar-refractivity contribution >= 4 is 35.2 Å². The summed E-state index contributed by atoms with van der Waals surface area (Å²) in [6, 6.07) is 9.15. The van der Waals surface area contributed by atoms with Crippen LogP contribution in [0, 0.1) is 0 Å². The van der Waals surface area contributed by atoms with E-state index >= 15 is 0 Å². The average molecular weight is 500 g/mol. The van der Waals surface area contributed by atoms with Crippen molar-refractivity contribution in [1.29, 1.82) is 0 Å². The molecule has 2 heterocycles. The number of thioether (sulfide) groups is 1. The van der Waals surface area contributed by atoms with E-state index in [4.69, 9.17) is 0 Å². The van der Waals surface area contributed by atoms with E-state index in [-0.39, 0.29) is 30.0 Å². The van der Waals surface area contributed by atoms with Gasteiger partial charge < -0.3 is 15.5 Å². The second kappa shape index (κ2) is 13.7. The number of benzene rings is 1. The highest BCUT2D eigenvalue weighted by Gasteiger charge is 2.22. The van der Waals surface area contributed by atoms with E-state index < -0.39 is 11.6 Å². The fourth-order valence-electron chi connectivity index (χ4n) is 3.93. The van der Waals surface area contributed by atoms with E-state index in [1.165, 1.54) is 28.7 Å². The number of nitrogens with zero attached hydrogens (tertiary/aromatic N) is 3. The lowest BCUT2D eigenvalue weighted by Crippen LogP contribution is -2.40. The number of amides is 2. The number of hydrogen-bond acceptors (Lipinski definition) is 7. The van der Waals surface area contributed by atoms with Gasteiger partial charge in [0.1, 0.15) is 6.04 Å². The van der Waals surface area contributed by atoms with E-state index in [1.54, 1.807) is 0 Å². The van der Waals surface area contributed by atoms with Crippen LogP contribution in [0.15, 0.2) is 47.5 Å². The van der Waals surface area contributed by atoms with E-state index in [0.29, 0.717) is 38.1 Å². The maximum absolute atomic E-state index is 12.9. The zero-order valence-electron chi connectivity index (χ0n) is 20.1. The molecule has 0 aliphatic carbocycles. The van der Waals surface area contributed by atoms with Crippen molar-refractivity contribution in [3.05, 3.63) is 58.6 Å². The smallest absolute Gasteiger partial charge is 0.294 e. The fraction of sp³-hybridized carbons (Fsp3) is 0.480. The van der Waals surface area contributed by atoms with Crippen molar-refractivity contribution in [2.75, 3.05) is 37.2 Å². The predicted molar refractivity (Wildman–Crippen MR) is 137 cm³/mol. The number of Topliss-reactive ketones (excluding diaryl/α,β-unsaturated/α-hetero) is 1. The molecule has 1 aliphatic heterocycles. The minimum Gasteiger partial charge on any atom is -0.365 e. The summed E-state index contributed by atoms with van der Waals surface area (Å²) in [6.07, 6.45) is 5.57. The second-order valence-electron chi connectivity index (χ2n) is 8.41. The maximum Gasteiger partial charge on any atom is 0.294 e. The zero-order valence-corrected chi connectivity index (χ0v) is 20.9. The van der Waals surface area contributed by atoms with Gasteiger partial charge in [-0.25, -0.2) is 4.98 Å². The molecule has 3 rings (SSSR count). The molecule has 1 aromatic heterocycles. The highest BCUT2D eigenvalue weighted by molar-refractivity contribution is 7.99. The molecule has 0 unspecified atom stereocenters. The standard InChI is InChI=1S/C25H33N5O4S/c1-2-21(24(33)28-16-20(31)18-35-17-19-8-4-3-5-9-19)30-15-12-27-23(25(30)34)26-11-7-14-29-13-6-10-22(29)32/h3-5,8-9,12,15,21H,2,6-7,10-11,13-14,16-18H2,1H3,(H,26,27)(H,28,33)/t21-/m0/s1. The molecule has 0 bridgehead atoms. The van der Waals surface area contributed by atoms with Crippen LogP contribution in [0.25, 0.3) is 0 Å². The minimum absolute atomic E-state index is 0.0721. The maximum atomic E-state index is 12.9. The molecule has 188 valence electrons. The Bertz CT molecular complexity index is 1060. The summed E-state index contributed by atoms with van der Waals surface area (Å²) in [4.78, 5) is 55.5. The third kappa shape index (κ3) is 7.95. The molecule has 10 heteroatoms. The van der Waals surface area contributed by atoms with Crippen LogP contribution in [-0.2, 0) is 20.1 Å². The second-order valence-corrected chi connectivity index (χ2v) is 9.40. The Morgan fingerprint density at radius 2 is 2.00 bits per heavy atom. The van der Waals surface area contributed by atoms with Gasteiger partial charge in [0.15, 0.2) is 11.6 Å². The molecule has 35 heavy (non-hydrogen) atoms. The number of carbonyl (C=O) groups is 3. The van der Waals surface area contributed by atoms with Gasteiger partial charge in [-0.15, -0.1) is 11.8 Å². The van der Waals surface area contributed by atoms with Gasteiger partial charge in [-0.2, -0.15) is 0 Å². The van der Waals surface area contributed by atoms with Crippen molar-refractivity contribution in [3.63, 3.8) is 0 Å². The molecule has 1 aliphatic rings. The molecule has 2 amide bonds. The number of carbonyl (C=O) groups excluding carboxylic acids is 3. The van der Waals surface area contributed by atoms with Crippen LogP contribution >= 0.6 is 11.8 Å². The molecule has 1 saturated heterocycles. The zero-order chi connectivity index (χ0) is 25.0. The molecule has 1 aromatic carbocycles. The predicted octanol–water partition coefficient (Wildman–Crippen LogP) is 2.24. The third-order valence-electron chi connectivity index (χ3n) is 5.80. The van der Waals surface area contributed by atoms with Gasteiger partial charge in [0.2, 0.25) is 11.8 Å². The normalized spacial score (nSPS) is 14.1. The summed E-state index contributed by atoms with van der Waals surface area (Å²) in [5, 5.41) is 5.70. The molecule has 1 atom stereocenters. The van der Waals surface area contributed by atoms with E-state index in [1.807, 2.05) is 42.2 Å². The molecule has 9 nitrogen and oxygen atoms in total. The fourth-order valence-corrected chi connectivity index (χ4v) is 4.79. The molecule has 0 radical (unpaired) electrons. The van der Waals surface area contributed by atoms with Crippen LogP contribution in [-0.4, -0.2) is 64.0 Å². The van der Waals surface area contributed by atoms with Crippen LogP contribution in [0.3, 0.4) is 0 Å². The molecular weight excluding hydrogens is 466 g/mol. The lowest BCUT2D eigenvalue weighted by atomic mass is 10.2. The summed E-state index contributed by atoms with van der Waals surface area (Å²) in [5.41, 5.74) is 0.753. The van der Waals surface area contributed by atoms with Crippen LogP contribution in [0.5, 0.6) is 0 Å². The van der Waals surface area contributed by atoms with E-state index in [0.717, 1.165) is 24.3 Å². The van der Waals surface area contributed by atoms with Crippen LogP contribution in [0.2, 0.25) is 0 Å². The molecule has 1 fully saturated rings. The monoisotopic (exact) mass is 499 g/mol. The van der Waals surface area contributed by atoms with E-state index in [2.05, 4.69) is 15.6 Å². The SMILES string of the molecule is CC[C@@H](C(=O)NCC(=O)CSCc1ccccc1)n1ccnc(NCCCN2CCCC2=O)c1=O. The summed E-state index contributed by atoms with van der Waals surface area (Å²) in [5.74, 6) is 0.929. The first-order valence-corrected chi connectivity index (χ1v) is 13.1. The quantitative estimate of drug-likeness (QED) is 0.383. The summed E-state index contributed by atoms with van der Waals surface area (Å²) < 4.78 is 1.35. The summed E-state index contributed by atoms with van der Waals surface area (Å²) in [6.45, 7) is 3.67. The summed E-state index contributed by atoms with van der Waals surface area (Å²) in [7, 11) is 0. The van der Waals surface area contributed by atoms with Crippen LogP contribution < -0.4 is 16.2 Å². The van der Waals surface area contributed by atoms with Gasteiger partial charge in [0.25, 0.3) is 5.56 Å². The van der Waals surface area contributed by atoms with Gasteiger partial charge in [-0.3, -0.25) is 23.7 Å². The van der Waals surface area contributed by atoms with Gasteiger partial charge in [-0.1, -0.05) is 37.3 Å². The first-order valence-electron chi connectivity index (χ1n) is 12.0. The van der Waals surface area contributed by atoms with Gasteiger partial charge in [0.05, 0.1) is 12.3 Å². The van der Waals surface area contributed by atoms with Crippen molar-refractivity contribution in [2.24, 2.45) is 0 Å². The first-order chi connectivity index (χ1) is 17.0. The first kappa shape index (κ1) is 26.5. The van der Waals surface area contributed by atoms with Crippen molar-refractivity contribution < 1.29 is 14.4 Å². The lowest BCUT2D eigenvalue weighted by molar-refractivity contribution is -0.127. The molecule has 2 aromatic rings. The van der Waals surface area contributed by atoms with Crippen LogP contribution in [0.4, 0.5) is 5.82 Å². The highest BCUT2D eigenvalue weighted by Crippen LogP contribution is 2.13. The van der Waals surface area contributed by atoms with Gasteiger partial charge in [-0.05, 0) is 24.8 Å². The Hall–Kier alpha value is -3.14. The Morgan fingerprint density at radius 3 is 2.71 bits per heavy atom. The number of anilines is 1. The van der Waals surface area contributed by atoms with Gasteiger partial charge in [0, 0.05) is 44.2 Å². The molecule has 2 N–H and O–H groups in total. The number of ketones is 1. The Balaban J connectivity index is 1.46. The van der Waals surface area contributed by atoms with Crippen LogP contribution in [0.1, 0.15) is 44.2 Å². The summed E-state index contributed by atoms with van der Waals surface area (Å²) >= 11 is 1.50. The number of nitrogens with one attached hydrogen (secondary N) is 2. The Morgan fingerprint density at radius 1 is 1.20 bits per heavy atom. The number of likely N-dealkylation sites (tertiary alicyclic amines) is 1. The van der Waals surface area contributed by atoms with Crippen molar-refractivity contribution in [2.45, 2.75) is 44.4 Å². The number of aromatic nitrogens is 2. The molecular formula is C25H33N5O4S. The average Bonchev–Trinajstić information content (AvgIpc) is 3.28. The van der Waals surface area contributed by atoms with Gasteiger partial charge >= 0.3 is 0 Å². The highest BCUT2D eigenvalue weighted by atomic mass is 32.2. The minimum atomic E-state index is -0.738. The number of hydrogen-bond donors (Lipinski definition) is 2. The van der Waals surface area contributed by atoms with Crippen molar-refractivity contribution in [3.8, 4) is 0 Å². The lowest BCUT2D eigenvalue weighted by Gasteiger charge is -2.19. The third-order valence-corrected chi connectivity index (χ3v) is 6.86. The largest absolute Gasteiger partial charge is 0.365 e. The Labute approximate surface area is 209 Å². The molecule has 0 saturated carbocycles. The van der Waals surface area contributed by atoms with Crippen molar-refractivity contribution in [1.82, 2.24) is 19.8 Å². The van der Waals surface area contributed by atoms with E-state index in [9.17, 15) is 19.2 Å². The number of rotatable bonds is 14. The Kier molecular flexibility index (Phi) is 10.3. The topological polar surface area (TPSA) is 113 Å².